The first kappa shape index (κ1) is 21.5. The summed E-state index contributed by atoms with van der Waals surface area (Å²) < 4.78 is 2.27. The van der Waals surface area contributed by atoms with E-state index in [4.69, 9.17) is 28.8 Å². The van der Waals surface area contributed by atoms with Gasteiger partial charge in [0, 0.05) is 23.6 Å². The molecule has 1 aliphatic carbocycles. The molecule has 0 spiro atoms. The fourth-order valence-electron chi connectivity index (χ4n) is 5.54. The summed E-state index contributed by atoms with van der Waals surface area (Å²) in [6, 6.07) is 17.1. The predicted molar refractivity (Wildman–Crippen MR) is 134 cm³/mol. The zero-order valence-electron chi connectivity index (χ0n) is 18.6. The Morgan fingerprint density at radius 2 is 1.78 bits per heavy atom. The molecule has 0 amide bonds. The molecular weight excluding hydrogens is 436 g/mol. The molecule has 32 heavy (non-hydrogen) atoms. The van der Waals surface area contributed by atoms with Crippen LogP contribution >= 0.6 is 23.8 Å². The number of benzene rings is 1. The Bertz CT molecular complexity index is 1120. The van der Waals surface area contributed by atoms with Gasteiger partial charge < -0.3 is 14.8 Å². The number of para-hydroxylation sites is 1. The van der Waals surface area contributed by atoms with E-state index in [0.29, 0.717) is 6.04 Å². The Morgan fingerprint density at radius 1 is 1.03 bits per heavy atom. The minimum Gasteiger partial charge on any atom is -0.352 e. The maximum absolute atomic E-state index is 6.60. The number of rotatable bonds is 4. The van der Waals surface area contributed by atoms with E-state index in [2.05, 4.69) is 52.9 Å². The molecule has 5 rings (SSSR count). The molecular formula is C26H29ClN4S. The first-order valence-electron chi connectivity index (χ1n) is 11.5. The van der Waals surface area contributed by atoms with E-state index in [1.165, 1.54) is 49.1 Å². The second kappa shape index (κ2) is 8.87. The first-order valence-corrected chi connectivity index (χ1v) is 12.3. The molecule has 1 N–H and O–H groups in total. The lowest BCUT2D eigenvalue weighted by Gasteiger charge is -2.37. The van der Waals surface area contributed by atoms with Crippen LogP contribution in [-0.2, 0) is 0 Å². The van der Waals surface area contributed by atoms with Crippen molar-refractivity contribution in [3.05, 3.63) is 82.4 Å². The molecule has 6 heteroatoms. The van der Waals surface area contributed by atoms with Crippen molar-refractivity contribution in [1.29, 1.82) is 0 Å². The second-order valence-electron chi connectivity index (χ2n) is 8.94. The maximum Gasteiger partial charge on any atom is 0.170 e. The Balaban J connectivity index is 1.64. The minimum absolute atomic E-state index is 0.0193. The molecule has 1 saturated heterocycles. The summed E-state index contributed by atoms with van der Waals surface area (Å²) >= 11 is 12.5. The molecule has 0 bridgehead atoms. The van der Waals surface area contributed by atoms with Gasteiger partial charge in [-0.15, -0.1) is 0 Å². The van der Waals surface area contributed by atoms with Crippen molar-refractivity contribution in [2.45, 2.75) is 64.1 Å². The lowest BCUT2D eigenvalue weighted by Crippen LogP contribution is -2.40. The molecule has 1 aromatic carbocycles. The van der Waals surface area contributed by atoms with Gasteiger partial charge in [-0.2, -0.15) is 0 Å². The summed E-state index contributed by atoms with van der Waals surface area (Å²) in [7, 11) is 0. The molecule has 1 saturated carbocycles. The highest BCUT2D eigenvalue weighted by atomic mass is 35.5. The number of nitrogens with zero attached hydrogens (tertiary/aromatic N) is 3. The minimum atomic E-state index is 0.0193. The third kappa shape index (κ3) is 3.71. The van der Waals surface area contributed by atoms with E-state index < -0.39 is 0 Å². The van der Waals surface area contributed by atoms with Crippen molar-refractivity contribution in [2.24, 2.45) is 0 Å². The number of thiocarbonyl (C=S) groups is 1. The number of halogens is 1. The molecule has 4 nitrogen and oxygen atoms in total. The van der Waals surface area contributed by atoms with Crippen LogP contribution in [0.15, 0.2) is 54.7 Å². The molecule has 2 aliphatic rings. The van der Waals surface area contributed by atoms with Crippen molar-refractivity contribution < 1.29 is 0 Å². The summed E-state index contributed by atoms with van der Waals surface area (Å²) in [5.41, 5.74) is 5.71. The number of pyridine rings is 1. The van der Waals surface area contributed by atoms with Crippen LogP contribution in [0, 0.1) is 13.8 Å². The third-order valence-electron chi connectivity index (χ3n) is 6.99. The van der Waals surface area contributed by atoms with Crippen LogP contribution in [0.5, 0.6) is 0 Å². The van der Waals surface area contributed by atoms with E-state index in [1.807, 2.05) is 30.5 Å². The molecule has 0 radical (unpaired) electrons. The van der Waals surface area contributed by atoms with Gasteiger partial charge in [0.2, 0.25) is 0 Å². The van der Waals surface area contributed by atoms with Crippen LogP contribution in [0.4, 0.5) is 0 Å². The molecule has 0 unspecified atom stereocenters. The van der Waals surface area contributed by atoms with Crippen molar-refractivity contribution >= 4 is 28.9 Å². The first-order chi connectivity index (χ1) is 15.6. The summed E-state index contributed by atoms with van der Waals surface area (Å²) in [5.74, 6) is 0. The Labute approximate surface area is 200 Å². The average molecular weight is 465 g/mol. The van der Waals surface area contributed by atoms with Crippen LogP contribution in [0.2, 0.25) is 5.02 Å². The van der Waals surface area contributed by atoms with E-state index in [-0.39, 0.29) is 12.1 Å². The summed E-state index contributed by atoms with van der Waals surface area (Å²) in [5, 5.41) is 5.24. The molecule has 2 aromatic heterocycles. The van der Waals surface area contributed by atoms with E-state index in [0.717, 1.165) is 21.5 Å². The highest BCUT2D eigenvalue weighted by molar-refractivity contribution is 7.80. The summed E-state index contributed by atoms with van der Waals surface area (Å²) in [6.07, 6.45) is 8.10. The largest absolute Gasteiger partial charge is 0.352 e. The second-order valence-corrected chi connectivity index (χ2v) is 9.73. The van der Waals surface area contributed by atoms with Gasteiger partial charge in [0.25, 0.3) is 0 Å². The van der Waals surface area contributed by atoms with Crippen molar-refractivity contribution in [3.63, 3.8) is 0 Å². The Kier molecular flexibility index (Phi) is 5.95. The van der Waals surface area contributed by atoms with Gasteiger partial charge in [-0.3, -0.25) is 4.98 Å². The zero-order chi connectivity index (χ0) is 22.2. The van der Waals surface area contributed by atoms with Gasteiger partial charge in [-0.05, 0) is 74.8 Å². The summed E-state index contributed by atoms with van der Waals surface area (Å²) in [4.78, 5) is 7.18. The van der Waals surface area contributed by atoms with Crippen molar-refractivity contribution in [1.82, 2.24) is 19.8 Å². The van der Waals surface area contributed by atoms with Crippen molar-refractivity contribution in [3.8, 4) is 5.69 Å². The quantitative estimate of drug-likeness (QED) is 0.450. The van der Waals surface area contributed by atoms with Gasteiger partial charge >= 0.3 is 0 Å². The monoisotopic (exact) mass is 464 g/mol. The van der Waals surface area contributed by atoms with Crippen LogP contribution < -0.4 is 5.32 Å². The third-order valence-corrected chi connectivity index (χ3v) is 7.63. The zero-order valence-corrected chi connectivity index (χ0v) is 20.2. The van der Waals surface area contributed by atoms with Gasteiger partial charge in [0.05, 0.1) is 28.5 Å². The molecule has 1 aliphatic heterocycles. The maximum atomic E-state index is 6.60. The standard InChI is InChI=1S/C26H29ClN4S/c1-17-16-20(18(2)30(17)23-14-7-6-12-21(23)27)25-24(22-13-8-9-15-28-22)29-26(32)31(25)19-10-4-3-5-11-19/h6-9,12-16,19,24-25H,3-5,10-11H2,1-2H3,(H,29,32)/t24-,25+/m0/s1. The lowest BCUT2D eigenvalue weighted by molar-refractivity contribution is 0.197. The highest BCUT2D eigenvalue weighted by Gasteiger charge is 2.44. The highest BCUT2D eigenvalue weighted by Crippen LogP contribution is 2.44. The fourth-order valence-corrected chi connectivity index (χ4v) is 6.15. The number of hydrogen-bond donors (Lipinski definition) is 1. The molecule has 3 heterocycles. The molecule has 2 fully saturated rings. The lowest BCUT2D eigenvalue weighted by atomic mass is 9.90. The van der Waals surface area contributed by atoms with Gasteiger partial charge in [-0.1, -0.05) is 49.1 Å². The van der Waals surface area contributed by atoms with Crippen LogP contribution in [0.3, 0.4) is 0 Å². The predicted octanol–water partition coefficient (Wildman–Crippen LogP) is 6.45. The van der Waals surface area contributed by atoms with Gasteiger partial charge in [0.1, 0.15) is 0 Å². The Morgan fingerprint density at radius 3 is 2.50 bits per heavy atom. The molecule has 2 atom stereocenters. The van der Waals surface area contributed by atoms with Crippen LogP contribution in [0.1, 0.15) is 66.8 Å². The van der Waals surface area contributed by atoms with E-state index in [9.17, 15) is 0 Å². The number of aromatic nitrogens is 2. The van der Waals surface area contributed by atoms with Crippen LogP contribution in [0.25, 0.3) is 5.69 Å². The number of hydrogen-bond acceptors (Lipinski definition) is 2. The fraction of sp³-hybridized carbons (Fsp3) is 0.385. The number of nitrogens with one attached hydrogen (secondary N) is 1. The van der Waals surface area contributed by atoms with Crippen LogP contribution in [-0.4, -0.2) is 25.6 Å². The van der Waals surface area contributed by atoms with Crippen molar-refractivity contribution in [2.75, 3.05) is 0 Å². The van der Waals surface area contributed by atoms with E-state index in [1.54, 1.807) is 0 Å². The topological polar surface area (TPSA) is 33.1 Å². The van der Waals surface area contributed by atoms with E-state index >= 15 is 0 Å². The van der Waals surface area contributed by atoms with Gasteiger partial charge in [-0.25, -0.2) is 0 Å². The smallest absolute Gasteiger partial charge is 0.170 e. The average Bonchev–Trinajstić information content (AvgIpc) is 3.31. The SMILES string of the molecule is Cc1cc([C@@H]2[C@H](c3ccccn3)NC(=S)N2C2CCCCC2)c(C)n1-c1ccccc1Cl. The normalized spacial score (nSPS) is 21.7. The molecule has 3 aromatic rings. The van der Waals surface area contributed by atoms with Gasteiger partial charge in [0.15, 0.2) is 5.11 Å². The Hall–Kier alpha value is -2.37. The summed E-state index contributed by atoms with van der Waals surface area (Å²) in [6.45, 7) is 4.35. The molecule has 166 valence electrons. The number of aryl methyl sites for hydroxylation is 1.